The zero-order valence-electron chi connectivity index (χ0n) is 13.0. The number of ether oxygens (including phenoxy) is 1. The van der Waals surface area contributed by atoms with Crippen LogP contribution < -0.4 is 10.6 Å². The van der Waals surface area contributed by atoms with E-state index in [2.05, 4.69) is 29.4 Å². The zero-order chi connectivity index (χ0) is 14.1. The van der Waals surface area contributed by atoms with Gasteiger partial charge in [0.1, 0.15) is 6.10 Å². The summed E-state index contributed by atoms with van der Waals surface area (Å²) in [6.45, 7) is 12.6. The fourth-order valence-corrected chi connectivity index (χ4v) is 1.97. The molecule has 0 aromatic rings. The molecule has 1 heterocycles. The lowest BCUT2D eigenvalue weighted by Gasteiger charge is -2.27. The van der Waals surface area contributed by atoms with Gasteiger partial charge in [-0.2, -0.15) is 0 Å². The number of rotatable bonds is 8. The summed E-state index contributed by atoms with van der Waals surface area (Å²) < 4.78 is 5.52. The molecule has 6 heteroatoms. The summed E-state index contributed by atoms with van der Waals surface area (Å²) >= 11 is 0. The minimum Gasteiger partial charge on any atom is -0.369 e. The number of piperazine rings is 1. The first-order valence-corrected chi connectivity index (χ1v) is 7.42. The Bertz CT molecular complexity index is 259. The summed E-state index contributed by atoms with van der Waals surface area (Å²) in [5.74, 6) is 0.613. The lowest BCUT2D eigenvalue weighted by molar-refractivity contribution is -0.131. The van der Waals surface area contributed by atoms with Crippen LogP contribution in [0.3, 0.4) is 0 Å². The third kappa shape index (κ3) is 8.74. The molecule has 120 valence electrons. The van der Waals surface area contributed by atoms with Crippen LogP contribution >= 0.6 is 12.4 Å². The molecule has 1 aliphatic rings. The van der Waals surface area contributed by atoms with Crippen LogP contribution in [0, 0.1) is 5.92 Å². The number of halogens is 1. The Morgan fingerprint density at radius 3 is 2.55 bits per heavy atom. The van der Waals surface area contributed by atoms with Gasteiger partial charge in [-0.3, -0.25) is 9.69 Å². The van der Waals surface area contributed by atoms with Crippen molar-refractivity contribution in [1.82, 2.24) is 15.5 Å². The molecule has 0 aromatic heterocycles. The lowest BCUT2D eigenvalue weighted by Crippen LogP contribution is -2.47. The monoisotopic (exact) mass is 307 g/mol. The third-order valence-electron chi connectivity index (χ3n) is 3.37. The largest absolute Gasteiger partial charge is 0.369 e. The minimum absolute atomic E-state index is 0. The standard InChI is InChI=1S/C14H29N3O2.ClH/c1-12(2)4-11-19-13(3)14(18)16-7-10-17-8-5-15-6-9-17;/h12-13,15H,4-11H2,1-3H3,(H,16,18);1H. The van der Waals surface area contributed by atoms with E-state index in [-0.39, 0.29) is 24.4 Å². The van der Waals surface area contributed by atoms with Gasteiger partial charge < -0.3 is 15.4 Å². The minimum atomic E-state index is -0.346. The van der Waals surface area contributed by atoms with E-state index in [0.717, 1.165) is 39.1 Å². The van der Waals surface area contributed by atoms with E-state index in [9.17, 15) is 4.79 Å². The Labute approximate surface area is 129 Å². The molecule has 0 spiro atoms. The van der Waals surface area contributed by atoms with Gasteiger partial charge in [0.25, 0.3) is 0 Å². The Balaban J connectivity index is 0.00000361. The molecule has 5 nitrogen and oxygen atoms in total. The van der Waals surface area contributed by atoms with Crippen molar-refractivity contribution >= 4 is 18.3 Å². The van der Waals surface area contributed by atoms with Gasteiger partial charge in [0.15, 0.2) is 0 Å². The van der Waals surface area contributed by atoms with E-state index in [1.165, 1.54) is 0 Å². The normalized spacial score (nSPS) is 17.6. The molecule has 1 saturated heterocycles. The Morgan fingerprint density at radius 2 is 1.95 bits per heavy atom. The van der Waals surface area contributed by atoms with Crippen molar-refractivity contribution in [2.75, 3.05) is 45.9 Å². The maximum atomic E-state index is 11.8. The Hall–Kier alpha value is -0.360. The van der Waals surface area contributed by atoms with E-state index >= 15 is 0 Å². The Kier molecular flexibility index (Phi) is 11.1. The second-order valence-electron chi connectivity index (χ2n) is 5.58. The zero-order valence-corrected chi connectivity index (χ0v) is 13.8. The van der Waals surface area contributed by atoms with Crippen molar-refractivity contribution in [3.05, 3.63) is 0 Å². The molecule has 1 aliphatic heterocycles. The van der Waals surface area contributed by atoms with Crippen LogP contribution in [0.25, 0.3) is 0 Å². The van der Waals surface area contributed by atoms with Gasteiger partial charge in [-0.25, -0.2) is 0 Å². The fourth-order valence-electron chi connectivity index (χ4n) is 1.97. The molecule has 1 rings (SSSR count). The van der Waals surface area contributed by atoms with Gasteiger partial charge in [-0.15, -0.1) is 12.4 Å². The predicted octanol–water partition coefficient (Wildman–Crippen LogP) is 0.881. The molecule has 1 atom stereocenters. The van der Waals surface area contributed by atoms with Gasteiger partial charge >= 0.3 is 0 Å². The SMILES string of the molecule is CC(C)CCOC(C)C(=O)NCCN1CCNCC1.Cl. The van der Waals surface area contributed by atoms with Crippen LogP contribution in [0.4, 0.5) is 0 Å². The second-order valence-corrected chi connectivity index (χ2v) is 5.58. The summed E-state index contributed by atoms with van der Waals surface area (Å²) in [6, 6.07) is 0. The number of hydrogen-bond acceptors (Lipinski definition) is 4. The second kappa shape index (κ2) is 11.3. The van der Waals surface area contributed by atoms with Crippen LogP contribution in [0.15, 0.2) is 0 Å². The predicted molar refractivity (Wildman–Crippen MR) is 84.4 cm³/mol. The molecule has 1 fully saturated rings. The molecule has 0 bridgehead atoms. The molecule has 0 radical (unpaired) electrons. The first-order valence-electron chi connectivity index (χ1n) is 7.42. The number of carbonyl (C=O) groups excluding carboxylic acids is 1. The molecule has 2 N–H and O–H groups in total. The molecular formula is C14H30ClN3O2. The van der Waals surface area contributed by atoms with Crippen LogP contribution in [0.2, 0.25) is 0 Å². The molecule has 0 aromatic carbocycles. The number of nitrogens with zero attached hydrogens (tertiary/aromatic N) is 1. The van der Waals surface area contributed by atoms with Crippen molar-refractivity contribution in [3.8, 4) is 0 Å². The molecule has 1 amide bonds. The number of carbonyl (C=O) groups is 1. The first kappa shape index (κ1) is 19.6. The Morgan fingerprint density at radius 1 is 1.30 bits per heavy atom. The highest BCUT2D eigenvalue weighted by Crippen LogP contribution is 2.01. The summed E-state index contributed by atoms with van der Waals surface area (Å²) in [7, 11) is 0. The van der Waals surface area contributed by atoms with Crippen molar-refractivity contribution in [2.24, 2.45) is 5.92 Å². The highest BCUT2D eigenvalue weighted by Gasteiger charge is 2.14. The van der Waals surface area contributed by atoms with Gasteiger partial charge in [0.2, 0.25) is 5.91 Å². The average molecular weight is 308 g/mol. The third-order valence-corrected chi connectivity index (χ3v) is 3.37. The van der Waals surface area contributed by atoms with E-state index in [4.69, 9.17) is 4.74 Å². The fraction of sp³-hybridized carbons (Fsp3) is 0.929. The first-order chi connectivity index (χ1) is 9.09. The highest BCUT2D eigenvalue weighted by molar-refractivity contribution is 5.85. The summed E-state index contributed by atoms with van der Waals surface area (Å²) in [6.07, 6.45) is 0.653. The van der Waals surface area contributed by atoms with Gasteiger partial charge in [-0.1, -0.05) is 13.8 Å². The van der Waals surface area contributed by atoms with Crippen LogP contribution in [0.1, 0.15) is 27.2 Å². The van der Waals surface area contributed by atoms with Gasteiger partial charge in [0.05, 0.1) is 0 Å². The lowest BCUT2D eigenvalue weighted by atomic mass is 10.1. The average Bonchev–Trinajstić information content (AvgIpc) is 2.39. The smallest absolute Gasteiger partial charge is 0.248 e. The number of nitrogens with one attached hydrogen (secondary N) is 2. The van der Waals surface area contributed by atoms with Crippen molar-refractivity contribution in [1.29, 1.82) is 0 Å². The summed E-state index contributed by atoms with van der Waals surface area (Å²) in [5, 5.41) is 6.26. The molecule has 20 heavy (non-hydrogen) atoms. The van der Waals surface area contributed by atoms with Crippen LogP contribution in [-0.2, 0) is 9.53 Å². The number of amides is 1. The van der Waals surface area contributed by atoms with Gasteiger partial charge in [-0.05, 0) is 19.3 Å². The van der Waals surface area contributed by atoms with Crippen LogP contribution in [0.5, 0.6) is 0 Å². The molecule has 0 aliphatic carbocycles. The topological polar surface area (TPSA) is 53.6 Å². The molecule has 1 unspecified atom stereocenters. The van der Waals surface area contributed by atoms with Gasteiger partial charge in [0, 0.05) is 45.9 Å². The van der Waals surface area contributed by atoms with Crippen LogP contribution in [-0.4, -0.2) is 62.8 Å². The maximum absolute atomic E-state index is 11.8. The van der Waals surface area contributed by atoms with E-state index in [1.807, 2.05) is 6.92 Å². The summed E-state index contributed by atoms with van der Waals surface area (Å²) in [5.41, 5.74) is 0. The molecule has 0 saturated carbocycles. The van der Waals surface area contributed by atoms with Crippen molar-refractivity contribution in [2.45, 2.75) is 33.3 Å². The summed E-state index contributed by atoms with van der Waals surface area (Å²) in [4.78, 5) is 14.2. The number of hydrogen-bond donors (Lipinski definition) is 2. The van der Waals surface area contributed by atoms with Crippen molar-refractivity contribution in [3.63, 3.8) is 0 Å². The highest BCUT2D eigenvalue weighted by atomic mass is 35.5. The van der Waals surface area contributed by atoms with E-state index in [0.29, 0.717) is 19.1 Å². The quantitative estimate of drug-likeness (QED) is 0.699. The van der Waals surface area contributed by atoms with Crippen molar-refractivity contribution < 1.29 is 9.53 Å². The van der Waals surface area contributed by atoms with E-state index in [1.54, 1.807) is 0 Å². The molecular weight excluding hydrogens is 278 g/mol. The maximum Gasteiger partial charge on any atom is 0.248 e. The van der Waals surface area contributed by atoms with E-state index < -0.39 is 0 Å².